The summed E-state index contributed by atoms with van der Waals surface area (Å²) < 4.78 is 0. The van der Waals surface area contributed by atoms with Gasteiger partial charge in [0, 0.05) is 33.2 Å². The van der Waals surface area contributed by atoms with Crippen molar-refractivity contribution >= 4 is 27.8 Å². The van der Waals surface area contributed by atoms with Crippen molar-refractivity contribution in [3.8, 4) is 44.5 Å². The van der Waals surface area contributed by atoms with E-state index in [1.165, 1.54) is 105 Å². The Morgan fingerprint density at radius 3 is 1.38 bits per heavy atom. The van der Waals surface area contributed by atoms with E-state index in [0.717, 1.165) is 11.4 Å². The zero-order valence-corrected chi connectivity index (χ0v) is 37.8. The molecule has 10 aromatic carbocycles. The summed E-state index contributed by atoms with van der Waals surface area (Å²) in [6, 6.07) is 84.6. The summed E-state index contributed by atoms with van der Waals surface area (Å²) in [5, 5.41) is 2.53. The van der Waals surface area contributed by atoms with Crippen molar-refractivity contribution in [2.45, 2.75) is 43.9 Å². The van der Waals surface area contributed by atoms with Gasteiger partial charge in [0.05, 0.1) is 11.1 Å². The van der Waals surface area contributed by atoms with Crippen LogP contribution in [0.4, 0.5) is 17.1 Å². The lowest BCUT2D eigenvalue weighted by Gasteiger charge is -2.36. The van der Waals surface area contributed by atoms with Gasteiger partial charge in [-0.15, -0.1) is 0 Å². The summed E-state index contributed by atoms with van der Waals surface area (Å²) >= 11 is 0. The number of nitrogens with zero attached hydrogens (tertiary/aromatic N) is 1. The summed E-state index contributed by atoms with van der Waals surface area (Å²) in [4.78, 5) is 2.63. The molecule has 0 saturated heterocycles. The summed E-state index contributed by atoms with van der Waals surface area (Å²) in [6.07, 6.45) is 0. The molecule has 1 nitrogen and oxygen atoms in total. The lowest BCUT2D eigenvalue weighted by atomic mass is 9.67. The molecule has 0 unspecified atom stereocenters. The van der Waals surface area contributed by atoms with Crippen molar-refractivity contribution in [2.75, 3.05) is 4.90 Å². The zero-order valence-electron chi connectivity index (χ0n) is 37.8. The molecule has 3 aliphatic rings. The molecule has 13 rings (SSSR count). The predicted molar refractivity (Wildman–Crippen MR) is 276 cm³/mol. The minimum atomic E-state index is -0.553. The minimum absolute atomic E-state index is 0.186. The fraction of sp³-hybridized carbons (Fsp3) is 0.108. The first kappa shape index (κ1) is 38.7. The maximum atomic E-state index is 2.63. The molecule has 314 valence electrons. The highest BCUT2D eigenvalue weighted by Crippen LogP contribution is 2.62. The van der Waals surface area contributed by atoms with Gasteiger partial charge in [-0.25, -0.2) is 0 Å². The summed E-state index contributed by atoms with van der Waals surface area (Å²) in [6.45, 7) is 9.63. The van der Waals surface area contributed by atoms with Crippen LogP contribution in [0.25, 0.3) is 55.3 Å². The van der Waals surface area contributed by atoms with Gasteiger partial charge >= 0.3 is 0 Å². The molecule has 0 N–H and O–H groups in total. The molecule has 3 aliphatic carbocycles. The Morgan fingerprint density at radius 1 is 0.318 bits per heavy atom. The Morgan fingerprint density at radius 2 is 0.758 bits per heavy atom. The van der Waals surface area contributed by atoms with Crippen molar-refractivity contribution in [1.29, 1.82) is 0 Å². The van der Waals surface area contributed by atoms with E-state index in [-0.39, 0.29) is 10.8 Å². The average Bonchev–Trinajstić information content (AvgIpc) is 3.89. The topological polar surface area (TPSA) is 3.24 Å². The highest BCUT2D eigenvalue weighted by Gasteiger charge is 2.47. The van der Waals surface area contributed by atoms with Gasteiger partial charge in [-0.1, -0.05) is 228 Å². The van der Waals surface area contributed by atoms with Gasteiger partial charge in [0.2, 0.25) is 0 Å². The van der Waals surface area contributed by atoms with Gasteiger partial charge < -0.3 is 4.90 Å². The number of hydrogen-bond donors (Lipinski definition) is 0. The van der Waals surface area contributed by atoms with E-state index in [1.807, 2.05) is 0 Å². The Balaban J connectivity index is 1.19. The van der Waals surface area contributed by atoms with Crippen LogP contribution in [0.15, 0.2) is 224 Å². The number of anilines is 3. The Kier molecular flexibility index (Phi) is 8.28. The molecule has 0 saturated carbocycles. The van der Waals surface area contributed by atoms with Crippen LogP contribution in [0.5, 0.6) is 0 Å². The van der Waals surface area contributed by atoms with Gasteiger partial charge in [0.15, 0.2) is 0 Å². The molecule has 66 heavy (non-hydrogen) atoms. The Bertz CT molecular complexity index is 3540. The number of hydrogen-bond acceptors (Lipinski definition) is 1. The second kappa shape index (κ2) is 14.1. The van der Waals surface area contributed by atoms with Crippen LogP contribution in [0, 0.1) is 0 Å². The second-order valence-electron chi connectivity index (χ2n) is 19.5. The molecular formula is C65H49N. The quantitative estimate of drug-likeness (QED) is 0.161. The van der Waals surface area contributed by atoms with E-state index in [0.29, 0.717) is 0 Å². The first-order chi connectivity index (χ1) is 32.3. The number of fused-ring (bicyclic) bond motifs is 11. The summed E-state index contributed by atoms with van der Waals surface area (Å²) in [7, 11) is 0. The van der Waals surface area contributed by atoms with E-state index in [4.69, 9.17) is 0 Å². The van der Waals surface area contributed by atoms with Gasteiger partial charge in [-0.05, 0) is 113 Å². The summed E-state index contributed by atoms with van der Waals surface area (Å²) in [5.74, 6) is 0. The SMILES string of the molecule is CC1(C)c2ccccc2-c2ccc(N(c3ccc4c(c3)C(c3ccccc3)(c3ccccc3)c3ccccc3-4)c3c(-c4ccccc4)c4c(c5ccccc35)C(C)(C)c3ccccc3-4)cc21. The molecule has 0 amide bonds. The van der Waals surface area contributed by atoms with Crippen LogP contribution >= 0.6 is 0 Å². The lowest BCUT2D eigenvalue weighted by Crippen LogP contribution is -2.28. The van der Waals surface area contributed by atoms with Crippen LogP contribution in [-0.2, 0) is 16.2 Å². The minimum Gasteiger partial charge on any atom is -0.309 e. The zero-order chi connectivity index (χ0) is 44.4. The van der Waals surface area contributed by atoms with Gasteiger partial charge in [-0.3, -0.25) is 0 Å². The normalized spacial score (nSPS) is 15.0. The van der Waals surface area contributed by atoms with E-state index < -0.39 is 5.41 Å². The molecule has 0 heterocycles. The average molecular weight is 844 g/mol. The maximum Gasteiger partial charge on any atom is 0.0714 e. The molecule has 0 radical (unpaired) electrons. The molecule has 10 aromatic rings. The molecule has 0 spiro atoms. The molecule has 0 aromatic heterocycles. The van der Waals surface area contributed by atoms with Gasteiger partial charge in [-0.2, -0.15) is 0 Å². The van der Waals surface area contributed by atoms with Gasteiger partial charge in [0.1, 0.15) is 0 Å². The largest absolute Gasteiger partial charge is 0.309 e. The number of rotatable bonds is 6. The standard InChI is InChI=1S/C65H49N/c1-63(2)54-33-19-16-28-47(54)49-38-36-45(40-57(49)63)66(46-37-39-50-48-29-17-21-35-56(48)65(58(50)41-46,43-24-10-6-11-25-43)44-26-12-7-13-27-44)62-52-31-15-14-30-51(52)61-60(59(62)42-22-8-5-9-23-42)53-32-18-20-34-55(53)64(61,3)4/h5-41H,1-4H3. The molecule has 0 atom stereocenters. The molecule has 0 aliphatic heterocycles. The monoisotopic (exact) mass is 843 g/mol. The van der Waals surface area contributed by atoms with E-state index >= 15 is 0 Å². The Hall–Kier alpha value is -7.74. The second-order valence-corrected chi connectivity index (χ2v) is 19.5. The highest BCUT2D eigenvalue weighted by atomic mass is 15.1. The molecule has 0 fully saturated rings. The fourth-order valence-electron chi connectivity index (χ4n) is 12.6. The van der Waals surface area contributed by atoms with Crippen LogP contribution in [0.1, 0.15) is 72.2 Å². The predicted octanol–water partition coefficient (Wildman–Crippen LogP) is 17.0. The van der Waals surface area contributed by atoms with E-state index in [9.17, 15) is 0 Å². The third kappa shape index (κ3) is 5.17. The number of benzene rings is 10. The summed E-state index contributed by atoms with van der Waals surface area (Å²) in [5.41, 5.74) is 23.4. The van der Waals surface area contributed by atoms with Crippen molar-refractivity contribution < 1.29 is 0 Å². The first-order valence-electron chi connectivity index (χ1n) is 23.4. The fourth-order valence-corrected chi connectivity index (χ4v) is 12.6. The highest BCUT2D eigenvalue weighted by molar-refractivity contribution is 6.16. The van der Waals surface area contributed by atoms with Crippen molar-refractivity contribution in [3.05, 3.63) is 269 Å². The van der Waals surface area contributed by atoms with Crippen molar-refractivity contribution in [1.82, 2.24) is 0 Å². The van der Waals surface area contributed by atoms with Crippen LogP contribution in [0.3, 0.4) is 0 Å². The third-order valence-corrected chi connectivity index (χ3v) is 15.5. The smallest absolute Gasteiger partial charge is 0.0714 e. The molecular weight excluding hydrogens is 795 g/mol. The first-order valence-corrected chi connectivity index (χ1v) is 23.4. The van der Waals surface area contributed by atoms with Gasteiger partial charge in [0.25, 0.3) is 0 Å². The van der Waals surface area contributed by atoms with E-state index in [1.54, 1.807) is 0 Å². The maximum absolute atomic E-state index is 2.63. The van der Waals surface area contributed by atoms with Crippen LogP contribution in [-0.4, -0.2) is 0 Å². The third-order valence-electron chi connectivity index (χ3n) is 15.5. The van der Waals surface area contributed by atoms with Crippen molar-refractivity contribution in [3.63, 3.8) is 0 Å². The Labute approximate surface area is 388 Å². The lowest BCUT2D eigenvalue weighted by molar-refractivity contribution is 0.660. The van der Waals surface area contributed by atoms with Crippen LogP contribution < -0.4 is 4.90 Å². The van der Waals surface area contributed by atoms with Crippen molar-refractivity contribution in [2.24, 2.45) is 0 Å². The molecule has 1 heteroatoms. The van der Waals surface area contributed by atoms with Crippen LogP contribution in [0.2, 0.25) is 0 Å². The molecule has 0 bridgehead atoms. The van der Waals surface area contributed by atoms with E-state index in [2.05, 4.69) is 257 Å².